The Morgan fingerprint density at radius 2 is 2.00 bits per heavy atom. The number of pyridine rings is 2. The molecule has 5 rings (SSSR count). The molecular formula is C21H21N3O5. The molecule has 2 aliphatic rings. The number of esters is 1. The number of hydrogen-bond donors (Lipinski definition) is 3. The molecule has 0 amide bonds. The zero-order valence-corrected chi connectivity index (χ0v) is 16.1. The number of fused-ring (bicyclic) bond motifs is 5. The second-order valence-corrected chi connectivity index (χ2v) is 6.72. The zero-order valence-electron chi connectivity index (χ0n) is 16.1. The van der Waals surface area contributed by atoms with E-state index in [1.54, 1.807) is 24.3 Å². The van der Waals surface area contributed by atoms with Crippen molar-refractivity contribution in [1.29, 1.82) is 0 Å². The van der Waals surface area contributed by atoms with Gasteiger partial charge >= 0.3 is 5.97 Å². The number of aromatic nitrogens is 2. The van der Waals surface area contributed by atoms with Crippen molar-refractivity contribution in [1.82, 2.24) is 9.55 Å². The van der Waals surface area contributed by atoms with E-state index in [1.807, 2.05) is 13.8 Å². The average molecular weight is 395 g/mol. The average Bonchev–Trinajstić information content (AvgIpc) is 3.09. The van der Waals surface area contributed by atoms with Crippen LogP contribution in [0.3, 0.4) is 0 Å². The molecule has 2 aromatic heterocycles. The number of hydrogen-bond acceptors (Lipinski definition) is 7. The van der Waals surface area contributed by atoms with Crippen LogP contribution in [0.5, 0.6) is 0 Å². The van der Waals surface area contributed by atoms with E-state index in [4.69, 9.17) is 10.5 Å². The van der Waals surface area contributed by atoms with Crippen LogP contribution in [0, 0.1) is 0 Å². The molecule has 4 N–H and O–H groups in total. The molecule has 8 heteroatoms. The summed E-state index contributed by atoms with van der Waals surface area (Å²) in [4.78, 5) is 29.3. The second kappa shape index (κ2) is 6.98. The molecule has 1 unspecified atom stereocenters. The van der Waals surface area contributed by atoms with E-state index in [-0.39, 0.29) is 36.4 Å². The largest absolute Gasteiger partial charge is 0.458 e. The van der Waals surface area contributed by atoms with Crippen molar-refractivity contribution in [3.63, 3.8) is 0 Å². The van der Waals surface area contributed by atoms with Gasteiger partial charge < -0.3 is 25.3 Å². The third-order valence-corrected chi connectivity index (χ3v) is 5.26. The summed E-state index contributed by atoms with van der Waals surface area (Å²) in [6.07, 6.45) is -1.49. The Labute approximate surface area is 166 Å². The van der Waals surface area contributed by atoms with Crippen LogP contribution in [0.25, 0.3) is 22.3 Å². The normalized spacial score (nSPS) is 16.4. The number of carbonyl (C=O) groups excluding carboxylic acids is 1. The summed E-state index contributed by atoms with van der Waals surface area (Å²) in [5, 5.41) is 20.8. The fraction of sp³-hybridized carbons (Fsp3) is 0.286. The lowest BCUT2D eigenvalue weighted by atomic mass is 9.98. The van der Waals surface area contributed by atoms with Gasteiger partial charge in [-0.2, -0.15) is 0 Å². The second-order valence-electron chi connectivity index (χ2n) is 6.72. The molecular weight excluding hydrogens is 374 g/mol. The van der Waals surface area contributed by atoms with Crippen LogP contribution in [-0.2, 0) is 29.3 Å². The van der Waals surface area contributed by atoms with Gasteiger partial charge in [0.25, 0.3) is 5.56 Å². The first-order chi connectivity index (χ1) is 14.0. The van der Waals surface area contributed by atoms with Crippen LogP contribution < -0.4 is 11.3 Å². The van der Waals surface area contributed by atoms with Gasteiger partial charge in [0.2, 0.25) is 0 Å². The Balaban J connectivity index is 0.000000994. The summed E-state index contributed by atoms with van der Waals surface area (Å²) >= 11 is 0. The van der Waals surface area contributed by atoms with Crippen molar-refractivity contribution in [3.8, 4) is 11.4 Å². The van der Waals surface area contributed by atoms with Gasteiger partial charge in [0, 0.05) is 22.2 Å². The number of cyclic esters (lactones) is 1. The fourth-order valence-corrected chi connectivity index (χ4v) is 3.91. The third-order valence-electron chi connectivity index (χ3n) is 5.26. The van der Waals surface area contributed by atoms with E-state index in [0.717, 1.165) is 10.9 Å². The lowest BCUT2D eigenvalue weighted by Gasteiger charge is -2.21. The molecule has 1 aromatic carbocycles. The van der Waals surface area contributed by atoms with Gasteiger partial charge in [0.1, 0.15) is 6.61 Å². The number of aliphatic hydroxyl groups excluding tert-OH is 2. The Hall–Kier alpha value is -3.23. The van der Waals surface area contributed by atoms with E-state index in [0.29, 0.717) is 28.2 Å². The topological polar surface area (TPSA) is 128 Å². The number of nitrogens with two attached hydrogens (primary N) is 1. The number of anilines is 1. The van der Waals surface area contributed by atoms with Crippen molar-refractivity contribution >= 4 is 22.6 Å². The monoisotopic (exact) mass is 395 g/mol. The van der Waals surface area contributed by atoms with Crippen molar-refractivity contribution in [3.05, 3.63) is 56.9 Å². The first kappa shape index (κ1) is 19.1. The highest BCUT2D eigenvalue weighted by molar-refractivity contribution is 5.90. The van der Waals surface area contributed by atoms with E-state index in [1.165, 1.54) is 4.57 Å². The third kappa shape index (κ3) is 2.72. The highest BCUT2D eigenvalue weighted by Gasteiger charge is 2.34. The van der Waals surface area contributed by atoms with E-state index >= 15 is 0 Å². The molecule has 150 valence electrons. The van der Waals surface area contributed by atoms with Gasteiger partial charge in [0.05, 0.1) is 35.6 Å². The summed E-state index contributed by atoms with van der Waals surface area (Å²) in [5.41, 5.74) is 9.72. The molecule has 29 heavy (non-hydrogen) atoms. The maximum absolute atomic E-state index is 12.9. The molecule has 3 aromatic rings. The molecule has 0 bridgehead atoms. The zero-order chi connectivity index (χ0) is 20.9. The molecule has 4 heterocycles. The Morgan fingerprint density at radius 1 is 1.24 bits per heavy atom. The number of benzene rings is 1. The molecule has 2 aliphatic heterocycles. The minimum absolute atomic E-state index is 0.167. The van der Waals surface area contributed by atoms with Gasteiger partial charge in [-0.25, -0.2) is 9.78 Å². The number of nitrogens with zero attached hydrogens (tertiary/aromatic N) is 2. The molecule has 0 saturated carbocycles. The van der Waals surface area contributed by atoms with Gasteiger partial charge in [-0.1, -0.05) is 13.8 Å². The van der Waals surface area contributed by atoms with Crippen LogP contribution in [0.2, 0.25) is 0 Å². The summed E-state index contributed by atoms with van der Waals surface area (Å²) in [5.74, 6) is -0.775. The smallest absolute Gasteiger partial charge is 0.340 e. The highest BCUT2D eigenvalue weighted by Crippen LogP contribution is 2.38. The minimum atomic E-state index is -1.49. The van der Waals surface area contributed by atoms with Crippen molar-refractivity contribution in [2.45, 2.75) is 39.7 Å². The van der Waals surface area contributed by atoms with Crippen LogP contribution in [0.4, 0.5) is 5.69 Å². The molecule has 8 nitrogen and oxygen atoms in total. The summed E-state index contributed by atoms with van der Waals surface area (Å²) in [6.45, 7) is 3.85. The number of carbonyl (C=O) groups is 1. The van der Waals surface area contributed by atoms with Gasteiger partial charge in [-0.05, 0) is 29.8 Å². The summed E-state index contributed by atoms with van der Waals surface area (Å²) < 4.78 is 6.42. The molecule has 0 fully saturated rings. The molecule has 1 atom stereocenters. The minimum Gasteiger partial charge on any atom is -0.458 e. The molecule has 0 spiro atoms. The van der Waals surface area contributed by atoms with Gasteiger partial charge in [-0.3, -0.25) is 4.79 Å². The Kier molecular flexibility index (Phi) is 4.60. The highest BCUT2D eigenvalue weighted by atomic mass is 16.5. The molecule has 0 saturated heterocycles. The first-order valence-electron chi connectivity index (χ1n) is 9.43. The van der Waals surface area contributed by atoms with Crippen molar-refractivity contribution in [2.24, 2.45) is 0 Å². The Morgan fingerprint density at radius 3 is 2.72 bits per heavy atom. The number of aliphatic hydroxyl groups is 2. The maximum Gasteiger partial charge on any atom is 0.340 e. The van der Waals surface area contributed by atoms with E-state index < -0.39 is 12.1 Å². The quantitative estimate of drug-likeness (QED) is 0.330. The van der Waals surface area contributed by atoms with Crippen LogP contribution in [0.1, 0.15) is 42.2 Å². The standard InChI is InChI=1S/C19H15N3O5.C2H6/c20-8-1-2-14-9(3-8)12(6-23)11-5-22-15(16(11)21-14)4-10-13(18(22)25)7-27-19(26)17(10)24;1-2/h1-4,17,23-24H,5-7,20H2;1-2H3. The first-order valence-corrected chi connectivity index (χ1v) is 9.43. The predicted molar refractivity (Wildman–Crippen MR) is 107 cm³/mol. The van der Waals surface area contributed by atoms with Crippen molar-refractivity contribution < 1.29 is 19.7 Å². The van der Waals surface area contributed by atoms with Crippen LogP contribution >= 0.6 is 0 Å². The van der Waals surface area contributed by atoms with Crippen molar-refractivity contribution in [2.75, 3.05) is 5.73 Å². The number of rotatable bonds is 1. The summed E-state index contributed by atoms with van der Waals surface area (Å²) in [6, 6.07) is 6.85. The lowest BCUT2D eigenvalue weighted by Crippen LogP contribution is -2.32. The van der Waals surface area contributed by atoms with Crippen LogP contribution in [-0.4, -0.2) is 25.7 Å². The number of ether oxygens (including phenoxy) is 1. The Bertz CT molecular complexity index is 1220. The molecule has 0 radical (unpaired) electrons. The molecule has 0 aliphatic carbocycles. The lowest BCUT2D eigenvalue weighted by molar-refractivity contribution is -0.157. The predicted octanol–water partition coefficient (Wildman–Crippen LogP) is 1.62. The SMILES string of the molecule is CC.Nc1ccc2nc3c(c(CO)c2c1)Cn1c-3cc2c(c1=O)COC(=O)C2O. The van der Waals surface area contributed by atoms with Gasteiger partial charge in [-0.15, -0.1) is 0 Å². The fourth-order valence-electron chi connectivity index (χ4n) is 3.91. The van der Waals surface area contributed by atoms with Gasteiger partial charge in [0.15, 0.2) is 6.10 Å². The maximum atomic E-state index is 12.9. The van der Waals surface area contributed by atoms with E-state index in [2.05, 4.69) is 4.98 Å². The van der Waals surface area contributed by atoms with Crippen LogP contribution in [0.15, 0.2) is 29.1 Å². The van der Waals surface area contributed by atoms with E-state index in [9.17, 15) is 19.8 Å². The number of nitrogen functional groups attached to an aromatic ring is 1. The summed E-state index contributed by atoms with van der Waals surface area (Å²) in [7, 11) is 0.